The number of rotatable bonds is 3. The van der Waals surface area contributed by atoms with Crippen LogP contribution in [0.15, 0.2) is 31.0 Å². The van der Waals surface area contributed by atoms with Crippen molar-refractivity contribution < 1.29 is 4.39 Å². The summed E-state index contributed by atoms with van der Waals surface area (Å²) >= 11 is 0. The average Bonchev–Trinajstić information content (AvgIpc) is 3.12. The first-order chi connectivity index (χ1) is 11.1. The Balaban J connectivity index is 1.84. The normalized spacial score (nSPS) is 11.8. The molecule has 0 spiro atoms. The minimum Gasteiger partial charge on any atom is -0.345 e. The van der Waals surface area contributed by atoms with E-state index in [1.54, 1.807) is 12.4 Å². The minimum absolute atomic E-state index is 0.212. The molecule has 0 saturated carbocycles. The molecule has 0 radical (unpaired) electrons. The molecule has 0 aliphatic carbocycles. The van der Waals surface area contributed by atoms with Crippen LogP contribution in [0, 0.1) is 11.7 Å². The fourth-order valence-electron chi connectivity index (χ4n) is 2.68. The van der Waals surface area contributed by atoms with Crippen molar-refractivity contribution in [3.8, 4) is 11.1 Å². The van der Waals surface area contributed by atoms with Gasteiger partial charge in [0.2, 0.25) is 0 Å². The molecule has 4 aromatic rings. The van der Waals surface area contributed by atoms with Crippen molar-refractivity contribution in [2.75, 3.05) is 0 Å². The van der Waals surface area contributed by atoms with E-state index in [-0.39, 0.29) is 5.65 Å². The van der Waals surface area contributed by atoms with Crippen molar-refractivity contribution in [2.24, 2.45) is 5.92 Å². The lowest BCUT2D eigenvalue weighted by Gasteiger charge is -2.04. The Bertz CT molecular complexity index is 1000. The molecule has 0 aromatic carbocycles. The van der Waals surface area contributed by atoms with Crippen molar-refractivity contribution in [1.29, 1.82) is 0 Å². The largest absolute Gasteiger partial charge is 0.345 e. The zero-order valence-electron chi connectivity index (χ0n) is 12.8. The fourth-order valence-corrected chi connectivity index (χ4v) is 2.68. The van der Waals surface area contributed by atoms with E-state index in [0.29, 0.717) is 11.5 Å². The first kappa shape index (κ1) is 13.8. The van der Waals surface area contributed by atoms with Gasteiger partial charge >= 0.3 is 0 Å². The Labute approximate surface area is 131 Å². The van der Waals surface area contributed by atoms with Crippen LogP contribution in [0.1, 0.15) is 19.7 Å². The highest BCUT2D eigenvalue weighted by Gasteiger charge is 2.13. The maximum Gasteiger partial charge on any atom is 0.191 e. The molecular formula is C16H15FN6. The number of nitrogens with one attached hydrogen (secondary N) is 1. The number of halogens is 1. The van der Waals surface area contributed by atoms with E-state index in [0.717, 1.165) is 28.8 Å². The Hall–Kier alpha value is -2.83. The summed E-state index contributed by atoms with van der Waals surface area (Å²) in [6.07, 6.45) is 7.50. The lowest BCUT2D eigenvalue weighted by atomic mass is 10.1. The van der Waals surface area contributed by atoms with Crippen molar-refractivity contribution in [2.45, 2.75) is 20.3 Å². The third-order valence-electron chi connectivity index (χ3n) is 3.71. The molecule has 0 unspecified atom stereocenters. The SMILES string of the molecule is CC(C)Cc1ncc2c(-c3cc(F)c4ncnn4c3)c[nH]c2n1. The summed E-state index contributed by atoms with van der Waals surface area (Å²) in [5, 5.41) is 4.86. The summed E-state index contributed by atoms with van der Waals surface area (Å²) in [7, 11) is 0. The smallest absolute Gasteiger partial charge is 0.191 e. The number of aromatic amines is 1. The third-order valence-corrected chi connectivity index (χ3v) is 3.71. The number of hydrogen-bond acceptors (Lipinski definition) is 4. The zero-order chi connectivity index (χ0) is 16.0. The quantitative estimate of drug-likeness (QED) is 0.631. The van der Waals surface area contributed by atoms with Gasteiger partial charge in [0.1, 0.15) is 17.8 Å². The van der Waals surface area contributed by atoms with Crippen molar-refractivity contribution in [3.63, 3.8) is 0 Å². The number of pyridine rings is 1. The topological polar surface area (TPSA) is 71.8 Å². The second-order valence-electron chi connectivity index (χ2n) is 5.95. The molecule has 6 nitrogen and oxygen atoms in total. The summed E-state index contributed by atoms with van der Waals surface area (Å²) in [4.78, 5) is 16.0. The van der Waals surface area contributed by atoms with Crippen LogP contribution in [0.5, 0.6) is 0 Å². The zero-order valence-corrected chi connectivity index (χ0v) is 12.8. The molecule has 4 heterocycles. The second kappa shape index (κ2) is 5.12. The molecule has 23 heavy (non-hydrogen) atoms. The Morgan fingerprint density at radius 2 is 2.17 bits per heavy atom. The molecule has 4 aromatic heterocycles. The maximum atomic E-state index is 14.1. The van der Waals surface area contributed by atoms with Gasteiger partial charge in [-0.15, -0.1) is 0 Å². The van der Waals surface area contributed by atoms with Crippen LogP contribution < -0.4 is 0 Å². The van der Waals surface area contributed by atoms with Crippen LogP contribution in [0.2, 0.25) is 0 Å². The van der Waals surface area contributed by atoms with Crippen LogP contribution in [0.25, 0.3) is 27.8 Å². The molecule has 0 atom stereocenters. The van der Waals surface area contributed by atoms with Gasteiger partial charge in [-0.1, -0.05) is 13.8 Å². The minimum atomic E-state index is -0.410. The molecule has 0 aliphatic rings. The lowest BCUT2D eigenvalue weighted by Crippen LogP contribution is -2.00. The molecule has 0 aliphatic heterocycles. The van der Waals surface area contributed by atoms with Gasteiger partial charge in [-0.3, -0.25) is 0 Å². The average molecular weight is 310 g/mol. The van der Waals surface area contributed by atoms with Gasteiger partial charge in [0.05, 0.1) is 0 Å². The van der Waals surface area contributed by atoms with Crippen molar-refractivity contribution in [1.82, 2.24) is 29.5 Å². The van der Waals surface area contributed by atoms with Crippen LogP contribution in [0.3, 0.4) is 0 Å². The second-order valence-corrected chi connectivity index (χ2v) is 5.95. The maximum absolute atomic E-state index is 14.1. The Morgan fingerprint density at radius 1 is 1.30 bits per heavy atom. The molecule has 0 amide bonds. The van der Waals surface area contributed by atoms with Gasteiger partial charge in [-0.25, -0.2) is 23.9 Å². The van der Waals surface area contributed by atoms with Crippen LogP contribution in [-0.2, 0) is 6.42 Å². The van der Waals surface area contributed by atoms with Gasteiger partial charge in [0.15, 0.2) is 11.5 Å². The first-order valence-corrected chi connectivity index (χ1v) is 7.44. The van der Waals surface area contributed by atoms with E-state index in [9.17, 15) is 4.39 Å². The van der Waals surface area contributed by atoms with E-state index in [2.05, 4.69) is 38.9 Å². The van der Waals surface area contributed by atoms with E-state index >= 15 is 0 Å². The molecule has 4 rings (SSSR count). The predicted molar refractivity (Wildman–Crippen MR) is 84.4 cm³/mol. The van der Waals surface area contributed by atoms with Crippen LogP contribution in [-0.4, -0.2) is 29.5 Å². The summed E-state index contributed by atoms with van der Waals surface area (Å²) in [6.45, 7) is 4.26. The Kier molecular flexibility index (Phi) is 3.07. The van der Waals surface area contributed by atoms with E-state index in [4.69, 9.17) is 0 Å². The molecule has 1 N–H and O–H groups in total. The van der Waals surface area contributed by atoms with Gasteiger partial charge in [0.25, 0.3) is 0 Å². The predicted octanol–water partition coefficient (Wildman–Crippen LogP) is 3.01. The van der Waals surface area contributed by atoms with Crippen LogP contribution in [0.4, 0.5) is 4.39 Å². The highest BCUT2D eigenvalue weighted by atomic mass is 19.1. The monoisotopic (exact) mass is 310 g/mol. The summed E-state index contributed by atoms with van der Waals surface area (Å²) in [5.41, 5.74) is 2.51. The number of H-pyrrole nitrogens is 1. The fraction of sp³-hybridized carbons (Fsp3) is 0.250. The highest BCUT2D eigenvalue weighted by Crippen LogP contribution is 2.28. The van der Waals surface area contributed by atoms with E-state index < -0.39 is 5.82 Å². The van der Waals surface area contributed by atoms with E-state index in [1.807, 2.05) is 6.20 Å². The Morgan fingerprint density at radius 3 is 3.00 bits per heavy atom. The van der Waals surface area contributed by atoms with Gasteiger partial charge < -0.3 is 4.98 Å². The summed E-state index contributed by atoms with van der Waals surface area (Å²) in [5.74, 6) is 0.885. The number of fused-ring (bicyclic) bond motifs is 2. The molecule has 0 fully saturated rings. The molecular weight excluding hydrogens is 295 g/mol. The number of aromatic nitrogens is 6. The van der Waals surface area contributed by atoms with Gasteiger partial charge in [-0.05, 0) is 12.0 Å². The van der Waals surface area contributed by atoms with Gasteiger partial charge in [-0.2, -0.15) is 5.10 Å². The van der Waals surface area contributed by atoms with E-state index in [1.165, 1.54) is 16.9 Å². The standard InChI is InChI=1S/C16H15FN6/c1-9(2)3-14-18-6-12-11(5-19-15(12)22-14)10-4-13(17)16-20-8-21-23(16)7-10/h4-9H,3H2,1-2H3,(H,18,19,22). The van der Waals surface area contributed by atoms with Crippen molar-refractivity contribution >= 4 is 16.7 Å². The molecule has 116 valence electrons. The number of nitrogens with zero attached hydrogens (tertiary/aromatic N) is 5. The molecule has 0 bridgehead atoms. The lowest BCUT2D eigenvalue weighted by molar-refractivity contribution is 0.622. The number of hydrogen-bond donors (Lipinski definition) is 1. The summed E-state index contributed by atoms with van der Waals surface area (Å²) < 4.78 is 15.5. The van der Waals surface area contributed by atoms with Gasteiger partial charge in [0, 0.05) is 41.5 Å². The third kappa shape index (κ3) is 2.34. The van der Waals surface area contributed by atoms with Crippen LogP contribution >= 0.6 is 0 Å². The molecule has 0 saturated heterocycles. The summed E-state index contributed by atoms with van der Waals surface area (Å²) in [6, 6.07) is 1.45. The molecule has 7 heteroatoms. The van der Waals surface area contributed by atoms with Crippen molar-refractivity contribution in [3.05, 3.63) is 42.6 Å². The highest BCUT2D eigenvalue weighted by molar-refractivity contribution is 5.93. The first-order valence-electron chi connectivity index (χ1n) is 7.44.